The molecule has 7 aromatic rings. The first-order valence-electron chi connectivity index (χ1n) is 15.8. The van der Waals surface area contributed by atoms with Gasteiger partial charge in [0.05, 0.1) is 0 Å². The van der Waals surface area contributed by atoms with E-state index in [-0.39, 0.29) is 20.5 Å². The van der Waals surface area contributed by atoms with Crippen molar-refractivity contribution >= 4 is 65.7 Å². The molecule has 5 heteroatoms. The second-order valence-electron chi connectivity index (χ2n) is 11.3. The van der Waals surface area contributed by atoms with Crippen molar-refractivity contribution in [2.24, 2.45) is 0 Å². The van der Waals surface area contributed by atoms with E-state index >= 15 is 0 Å². The molecule has 0 aliphatic carbocycles. The fourth-order valence-electron chi connectivity index (χ4n) is 7.05. The summed E-state index contributed by atoms with van der Waals surface area (Å²) in [6.07, 6.45) is 0. The molecule has 0 amide bonds. The van der Waals surface area contributed by atoms with Crippen molar-refractivity contribution in [2.75, 3.05) is 0 Å². The van der Waals surface area contributed by atoms with Crippen molar-refractivity contribution in [3.8, 4) is 0 Å². The van der Waals surface area contributed by atoms with Gasteiger partial charge < -0.3 is 0 Å². The first kappa shape index (κ1) is 34.5. The fourth-order valence-corrected chi connectivity index (χ4v) is 20.1. The Morgan fingerprint density at radius 2 is 0.458 bits per heavy atom. The van der Waals surface area contributed by atoms with Crippen LogP contribution < -0.4 is 31.8 Å². The van der Waals surface area contributed by atoms with E-state index in [1.165, 1.54) is 37.4 Å². The Labute approximate surface area is 302 Å². The molecule has 0 aliphatic rings. The number of halogens is 2. The van der Waals surface area contributed by atoms with Gasteiger partial charge in [0.1, 0.15) is 31.8 Å². The molecule has 0 saturated carbocycles. The SMILES string of the molecule is [Cl][Ru][Cl].c1ccc(C([P+](c2ccccc2)(c2ccccc2)c2ccccc2)[P+](c2ccccc2)(c2ccccc2)c2ccccc2)cc1. The Kier molecular flexibility index (Phi) is 12.1. The molecule has 0 atom stereocenters. The molecule has 7 aromatic carbocycles. The predicted octanol–water partition coefficient (Wildman–Crippen LogP) is 10.0. The molecule has 0 saturated heterocycles. The van der Waals surface area contributed by atoms with Gasteiger partial charge in [-0.1, -0.05) is 140 Å². The van der Waals surface area contributed by atoms with E-state index in [0.717, 1.165) is 0 Å². The molecule has 0 spiro atoms. The average molecular weight is 787 g/mol. The zero-order valence-electron chi connectivity index (χ0n) is 26.3. The van der Waals surface area contributed by atoms with Gasteiger partial charge >= 0.3 is 34.5 Å². The zero-order valence-corrected chi connectivity index (χ0v) is 31.3. The molecular weight excluding hydrogens is 750 g/mol. The predicted molar refractivity (Wildman–Crippen MR) is 211 cm³/mol. The van der Waals surface area contributed by atoms with E-state index in [2.05, 4.69) is 212 Å². The van der Waals surface area contributed by atoms with E-state index in [1.807, 2.05) is 0 Å². The van der Waals surface area contributed by atoms with E-state index in [4.69, 9.17) is 19.4 Å². The van der Waals surface area contributed by atoms with Crippen molar-refractivity contribution in [2.45, 2.75) is 5.40 Å². The van der Waals surface area contributed by atoms with E-state index in [9.17, 15) is 0 Å². The Balaban J connectivity index is 0.00000129. The van der Waals surface area contributed by atoms with Crippen molar-refractivity contribution in [1.82, 2.24) is 0 Å². The van der Waals surface area contributed by atoms with Gasteiger partial charge in [-0.25, -0.2) is 0 Å². The molecule has 0 unspecified atom stereocenters. The topological polar surface area (TPSA) is 0 Å². The summed E-state index contributed by atoms with van der Waals surface area (Å²) in [6, 6.07) is 79.7. The first-order chi connectivity index (χ1) is 23.8. The molecule has 48 heavy (non-hydrogen) atoms. The van der Waals surface area contributed by atoms with Crippen LogP contribution in [0, 0.1) is 0 Å². The molecule has 0 bridgehead atoms. The minimum Gasteiger partial charge on any atom is -0.0622 e. The van der Waals surface area contributed by atoms with E-state index < -0.39 is 14.5 Å². The monoisotopic (exact) mass is 786 g/mol. The third-order valence-electron chi connectivity index (χ3n) is 8.81. The molecule has 238 valence electrons. The normalized spacial score (nSPS) is 11.5. The summed E-state index contributed by atoms with van der Waals surface area (Å²) in [4.78, 5) is 0. The molecule has 0 aliphatic heterocycles. The van der Waals surface area contributed by atoms with Crippen LogP contribution in [0.15, 0.2) is 212 Å². The Morgan fingerprint density at radius 1 is 0.292 bits per heavy atom. The summed E-state index contributed by atoms with van der Waals surface area (Å²) < 4.78 is 0. The van der Waals surface area contributed by atoms with Crippen LogP contribution in [0.3, 0.4) is 0 Å². The fraction of sp³-hybridized carbons (Fsp3) is 0.0233. The van der Waals surface area contributed by atoms with Crippen molar-refractivity contribution < 1.29 is 15.1 Å². The molecule has 0 heterocycles. The molecule has 0 nitrogen and oxygen atoms in total. The van der Waals surface area contributed by atoms with Crippen LogP contribution in [-0.2, 0) is 15.1 Å². The maximum absolute atomic E-state index is 4.85. The number of rotatable bonds is 9. The molecule has 0 aromatic heterocycles. The van der Waals surface area contributed by atoms with Crippen LogP contribution in [0.5, 0.6) is 0 Å². The van der Waals surface area contributed by atoms with Crippen LogP contribution in [-0.4, -0.2) is 0 Å². The molecular formula is C43H36Cl2P2Ru+2. The Bertz CT molecular complexity index is 1630. The minimum absolute atomic E-state index is 0.102. The van der Waals surface area contributed by atoms with Gasteiger partial charge in [-0.05, 0) is 72.8 Å². The summed E-state index contributed by atoms with van der Waals surface area (Å²) in [6.45, 7) is 0. The third-order valence-corrected chi connectivity index (χ3v) is 19.6. The second-order valence-corrected chi connectivity index (χ2v) is 21.4. The van der Waals surface area contributed by atoms with Gasteiger partial charge in [0.15, 0.2) is 14.5 Å². The van der Waals surface area contributed by atoms with Gasteiger partial charge in [-0.15, -0.1) is 0 Å². The third kappa shape index (κ3) is 6.74. The Morgan fingerprint density at radius 3 is 0.646 bits per heavy atom. The van der Waals surface area contributed by atoms with E-state index in [0.29, 0.717) is 0 Å². The molecule has 0 radical (unpaired) electrons. The van der Waals surface area contributed by atoms with Crippen molar-refractivity contribution in [3.05, 3.63) is 218 Å². The van der Waals surface area contributed by atoms with Crippen molar-refractivity contribution in [1.29, 1.82) is 0 Å². The van der Waals surface area contributed by atoms with Gasteiger partial charge in [0.25, 0.3) is 0 Å². The maximum atomic E-state index is 4.85. The summed E-state index contributed by atoms with van der Waals surface area (Å²) in [5.41, 5.74) is 1.37. The van der Waals surface area contributed by atoms with Crippen molar-refractivity contribution in [3.63, 3.8) is 0 Å². The summed E-state index contributed by atoms with van der Waals surface area (Å²) >= 11 is -0.346. The smallest absolute Gasteiger partial charge is 0.0622 e. The standard InChI is InChI=1S/C43H36P2.2ClH.Ru/c1-8-22-36(23-9-1)43(44(37-24-10-2-11-25-37,38-26-12-3-13-27-38)39-28-14-4-15-29-39)45(40-30-16-5-17-31-40,41-32-18-6-19-33-41)42-34-20-7-21-35-42;;;/h1-35,43H;2*1H;/q+2;;;+2/p-2. The number of benzene rings is 7. The zero-order chi connectivity index (χ0) is 33.1. The summed E-state index contributed by atoms with van der Waals surface area (Å²) in [7, 11) is 4.80. The molecule has 0 fully saturated rings. The summed E-state index contributed by atoms with van der Waals surface area (Å²) in [5.74, 6) is 0. The summed E-state index contributed by atoms with van der Waals surface area (Å²) in [5, 5.41) is 8.45. The van der Waals surface area contributed by atoms with Crippen LogP contribution in [0.1, 0.15) is 11.0 Å². The Hall–Kier alpha value is -3.40. The van der Waals surface area contributed by atoms with E-state index in [1.54, 1.807) is 0 Å². The maximum Gasteiger partial charge on any atom is 0.221 e. The number of hydrogen-bond acceptors (Lipinski definition) is 0. The molecule has 0 N–H and O–H groups in total. The van der Waals surface area contributed by atoms with Crippen LogP contribution in [0.2, 0.25) is 0 Å². The van der Waals surface area contributed by atoms with Crippen LogP contribution >= 0.6 is 33.9 Å². The second kappa shape index (κ2) is 16.8. The molecule has 7 rings (SSSR count). The quantitative estimate of drug-likeness (QED) is 0.101. The van der Waals surface area contributed by atoms with Gasteiger partial charge in [0, 0.05) is 5.56 Å². The average Bonchev–Trinajstić information content (AvgIpc) is 3.18. The van der Waals surface area contributed by atoms with Gasteiger partial charge in [0.2, 0.25) is 5.40 Å². The van der Waals surface area contributed by atoms with Crippen LogP contribution in [0.4, 0.5) is 0 Å². The van der Waals surface area contributed by atoms with Gasteiger partial charge in [-0.2, -0.15) is 0 Å². The van der Waals surface area contributed by atoms with Crippen LogP contribution in [0.25, 0.3) is 0 Å². The largest absolute Gasteiger partial charge is 0.221 e. The number of hydrogen-bond donors (Lipinski definition) is 0. The minimum atomic E-state index is -2.45. The first-order valence-corrected chi connectivity index (χ1v) is 24.0. The van der Waals surface area contributed by atoms with Gasteiger partial charge in [-0.3, -0.25) is 0 Å².